The average molecular weight is 346 g/mol. The topological polar surface area (TPSA) is 30.2 Å². The Bertz CT molecular complexity index is 988. The Hall–Kier alpha value is -2.35. The summed E-state index contributed by atoms with van der Waals surface area (Å²) >= 11 is 0. The quantitative estimate of drug-likeness (QED) is 0.522. The molecule has 1 heterocycles. The van der Waals surface area contributed by atoms with E-state index in [9.17, 15) is 4.79 Å². The standard InChI is InChI=1S/C24H26O2/c1-13(2)17-10-9-14(3)22-18(12-17)15(4)11-19(22)23-16(5)26-21-8-6-7-20(25)24(21)23/h9-13H,6-8H2,1-5H3. The molecule has 134 valence electrons. The summed E-state index contributed by atoms with van der Waals surface area (Å²) in [5, 5.41) is 0. The minimum atomic E-state index is 0.228. The number of ketones is 1. The molecule has 2 nitrogen and oxygen atoms in total. The van der Waals surface area contributed by atoms with Crippen molar-refractivity contribution in [1.82, 2.24) is 0 Å². The molecule has 1 aromatic heterocycles. The average Bonchev–Trinajstić information content (AvgIpc) is 3.01. The molecule has 3 aliphatic rings. The van der Waals surface area contributed by atoms with Crippen LogP contribution in [-0.2, 0) is 6.42 Å². The van der Waals surface area contributed by atoms with Gasteiger partial charge >= 0.3 is 0 Å². The lowest BCUT2D eigenvalue weighted by Crippen LogP contribution is -2.09. The highest BCUT2D eigenvalue weighted by Gasteiger charge is 2.30. The van der Waals surface area contributed by atoms with Crippen molar-refractivity contribution < 1.29 is 9.21 Å². The summed E-state index contributed by atoms with van der Waals surface area (Å²) in [6.45, 7) is 10.8. The Labute approximate surface area is 155 Å². The van der Waals surface area contributed by atoms with E-state index >= 15 is 0 Å². The molecule has 4 rings (SSSR count). The summed E-state index contributed by atoms with van der Waals surface area (Å²) in [5.74, 6) is 2.45. The molecule has 0 atom stereocenters. The van der Waals surface area contributed by atoms with Gasteiger partial charge in [0.2, 0.25) is 0 Å². The van der Waals surface area contributed by atoms with E-state index in [-0.39, 0.29) is 5.78 Å². The van der Waals surface area contributed by atoms with Crippen LogP contribution in [0.15, 0.2) is 28.7 Å². The van der Waals surface area contributed by atoms with Crippen molar-refractivity contribution in [2.24, 2.45) is 0 Å². The van der Waals surface area contributed by atoms with Crippen LogP contribution in [0.4, 0.5) is 0 Å². The van der Waals surface area contributed by atoms with Gasteiger partial charge in [0.1, 0.15) is 11.5 Å². The van der Waals surface area contributed by atoms with Gasteiger partial charge in [-0.3, -0.25) is 4.79 Å². The van der Waals surface area contributed by atoms with Crippen LogP contribution in [0, 0.1) is 20.8 Å². The molecule has 0 saturated carbocycles. The number of carbonyl (C=O) groups is 1. The number of carbonyl (C=O) groups excluding carboxylic acids is 1. The Morgan fingerprint density at radius 2 is 1.65 bits per heavy atom. The Morgan fingerprint density at radius 1 is 0.885 bits per heavy atom. The zero-order chi connectivity index (χ0) is 18.6. The second kappa shape index (κ2) is 6.12. The fraction of sp³-hybridized carbons (Fsp3) is 0.375. The number of hydrogen-bond donors (Lipinski definition) is 0. The van der Waals surface area contributed by atoms with Crippen LogP contribution in [0.25, 0.3) is 22.3 Å². The summed E-state index contributed by atoms with van der Waals surface area (Å²) in [6, 6.07) is 8.99. The summed E-state index contributed by atoms with van der Waals surface area (Å²) in [6.07, 6.45) is 2.38. The van der Waals surface area contributed by atoms with Crippen LogP contribution in [0.2, 0.25) is 0 Å². The highest BCUT2D eigenvalue weighted by atomic mass is 16.3. The van der Waals surface area contributed by atoms with E-state index in [1.165, 1.54) is 27.8 Å². The molecule has 0 aliphatic heterocycles. The first kappa shape index (κ1) is 17.1. The largest absolute Gasteiger partial charge is 0.465 e. The first-order chi connectivity index (χ1) is 12.4. The molecule has 0 amide bonds. The lowest BCUT2D eigenvalue weighted by molar-refractivity contribution is 0.0970. The maximum Gasteiger partial charge on any atom is 0.167 e. The number of rotatable bonds is 2. The third kappa shape index (κ3) is 2.51. The molecule has 26 heavy (non-hydrogen) atoms. The van der Waals surface area contributed by atoms with Gasteiger partial charge in [-0.15, -0.1) is 0 Å². The minimum absolute atomic E-state index is 0.228. The number of aryl methyl sites for hydroxylation is 4. The minimum Gasteiger partial charge on any atom is -0.465 e. The fourth-order valence-corrected chi connectivity index (χ4v) is 4.33. The molecule has 0 spiro atoms. The van der Waals surface area contributed by atoms with Crippen LogP contribution < -0.4 is 0 Å². The maximum absolute atomic E-state index is 12.7. The van der Waals surface area contributed by atoms with Crippen LogP contribution in [0.1, 0.15) is 71.2 Å². The molecule has 0 N–H and O–H groups in total. The zero-order valence-corrected chi connectivity index (χ0v) is 16.3. The van der Waals surface area contributed by atoms with Gasteiger partial charge in [0.15, 0.2) is 5.78 Å². The summed E-state index contributed by atoms with van der Waals surface area (Å²) < 4.78 is 6.02. The number of Topliss-reactive ketones (excluding diaryl/α,β-unsaturated/α-hetero) is 1. The van der Waals surface area contributed by atoms with E-state index in [2.05, 4.69) is 52.0 Å². The lowest BCUT2D eigenvalue weighted by atomic mass is 9.89. The van der Waals surface area contributed by atoms with Crippen LogP contribution in [0.3, 0.4) is 0 Å². The number of hydrogen-bond acceptors (Lipinski definition) is 2. The first-order valence-corrected chi connectivity index (χ1v) is 9.58. The van der Waals surface area contributed by atoms with E-state index in [1.807, 2.05) is 6.92 Å². The van der Waals surface area contributed by atoms with Crippen molar-refractivity contribution in [2.75, 3.05) is 0 Å². The predicted molar refractivity (Wildman–Crippen MR) is 106 cm³/mol. The Balaban J connectivity index is 2.02. The highest BCUT2D eigenvalue weighted by Crippen LogP contribution is 2.46. The SMILES string of the molecule is Cc1cc(-c2c(C)oc3c2C(=O)CCC3)c2c(C)ccc(C(C)C)cc1-2. The molecule has 3 aliphatic carbocycles. The van der Waals surface area contributed by atoms with Crippen molar-refractivity contribution in [3.05, 3.63) is 58.0 Å². The Kier molecular flexibility index (Phi) is 4.02. The van der Waals surface area contributed by atoms with Gasteiger partial charge in [0.25, 0.3) is 0 Å². The Morgan fingerprint density at radius 3 is 2.38 bits per heavy atom. The van der Waals surface area contributed by atoms with E-state index in [4.69, 9.17) is 4.42 Å². The van der Waals surface area contributed by atoms with Crippen molar-refractivity contribution in [2.45, 2.75) is 59.8 Å². The van der Waals surface area contributed by atoms with Crippen LogP contribution in [0.5, 0.6) is 0 Å². The summed E-state index contributed by atoms with van der Waals surface area (Å²) in [5.41, 5.74) is 9.37. The zero-order valence-electron chi connectivity index (χ0n) is 16.3. The molecular weight excluding hydrogens is 320 g/mol. The van der Waals surface area contributed by atoms with Crippen molar-refractivity contribution in [3.63, 3.8) is 0 Å². The van der Waals surface area contributed by atoms with Gasteiger partial charge < -0.3 is 4.42 Å². The van der Waals surface area contributed by atoms with Gasteiger partial charge in [-0.25, -0.2) is 0 Å². The van der Waals surface area contributed by atoms with Crippen LogP contribution in [-0.4, -0.2) is 5.78 Å². The normalized spacial score (nSPS) is 14.3. The molecular formula is C24H26O2. The van der Waals surface area contributed by atoms with Gasteiger partial charge in [-0.1, -0.05) is 38.1 Å². The van der Waals surface area contributed by atoms with Gasteiger partial charge in [-0.2, -0.15) is 0 Å². The number of furan rings is 1. The van der Waals surface area contributed by atoms with Crippen molar-refractivity contribution >= 4 is 5.78 Å². The summed E-state index contributed by atoms with van der Waals surface area (Å²) in [4.78, 5) is 12.7. The van der Waals surface area contributed by atoms with Crippen molar-refractivity contribution in [1.29, 1.82) is 0 Å². The van der Waals surface area contributed by atoms with E-state index in [1.54, 1.807) is 0 Å². The predicted octanol–water partition coefficient (Wildman–Crippen LogP) is 6.62. The van der Waals surface area contributed by atoms with Crippen LogP contribution >= 0.6 is 0 Å². The monoisotopic (exact) mass is 346 g/mol. The third-order valence-electron chi connectivity index (χ3n) is 5.74. The third-order valence-corrected chi connectivity index (χ3v) is 5.74. The molecule has 1 aromatic rings. The van der Waals surface area contributed by atoms with E-state index < -0.39 is 0 Å². The molecule has 0 fully saturated rings. The number of fused-ring (bicyclic) bond motifs is 2. The molecule has 0 aromatic carbocycles. The molecule has 2 heteroatoms. The molecule has 0 radical (unpaired) electrons. The summed E-state index contributed by atoms with van der Waals surface area (Å²) in [7, 11) is 0. The van der Waals surface area contributed by atoms with E-state index in [0.717, 1.165) is 41.1 Å². The fourth-order valence-electron chi connectivity index (χ4n) is 4.33. The van der Waals surface area contributed by atoms with Crippen molar-refractivity contribution in [3.8, 4) is 22.3 Å². The molecule has 0 bridgehead atoms. The van der Waals surface area contributed by atoms with E-state index in [0.29, 0.717) is 12.3 Å². The molecule has 0 unspecified atom stereocenters. The second-order valence-electron chi connectivity index (χ2n) is 7.95. The van der Waals surface area contributed by atoms with Gasteiger partial charge in [-0.05, 0) is 66.5 Å². The molecule has 0 saturated heterocycles. The highest BCUT2D eigenvalue weighted by molar-refractivity contribution is 6.07. The first-order valence-electron chi connectivity index (χ1n) is 9.58. The second-order valence-corrected chi connectivity index (χ2v) is 7.95. The van der Waals surface area contributed by atoms with Gasteiger partial charge in [0, 0.05) is 18.4 Å². The maximum atomic E-state index is 12.7. The lowest BCUT2D eigenvalue weighted by Gasteiger charge is -2.11. The smallest absolute Gasteiger partial charge is 0.167 e. The van der Waals surface area contributed by atoms with Gasteiger partial charge in [0.05, 0.1) is 5.56 Å².